The van der Waals surface area contributed by atoms with Crippen LogP contribution in [-0.2, 0) is 13.0 Å². The number of aryl methyl sites for hydroxylation is 1. The minimum absolute atomic E-state index is 0.816. The van der Waals surface area contributed by atoms with Crippen LogP contribution >= 0.6 is 0 Å². The Morgan fingerprint density at radius 1 is 1.08 bits per heavy atom. The normalized spacial score (nSPS) is 11.6. The average Bonchev–Trinajstić information content (AvgIpc) is 2.62. The lowest BCUT2D eigenvalue weighted by molar-refractivity contribution is 0.785. The third-order valence-electron chi connectivity index (χ3n) is 4.07. The molecule has 2 rings (SSSR count). The molecule has 0 radical (unpaired) electrons. The SMILES string of the molecule is C=C(Cc1ccc(C(/C=C\NC)=C/C)cc1)NCc1cccc(C)c1. The fourth-order valence-electron chi connectivity index (χ4n) is 2.71. The Morgan fingerprint density at radius 2 is 1.84 bits per heavy atom. The van der Waals surface area contributed by atoms with E-state index >= 15 is 0 Å². The second-order valence-corrected chi connectivity index (χ2v) is 6.19. The lowest BCUT2D eigenvalue weighted by atomic mass is 10.0. The summed E-state index contributed by atoms with van der Waals surface area (Å²) < 4.78 is 0. The van der Waals surface area contributed by atoms with Gasteiger partial charge in [0, 0.05) is 25.7 Å². The number of nitrogens with one attached hydrogen (secondary N) is 2. The minimum Gasteiger partial charge on any atom is -0.394 e. The molecule has 0 unspecified atom stereocenters. The summed E-state index contributed by atoms with van der Waals surface area (Å²) in [6.07, 6.45) is 6.98. The third-order valence-corrected chi connectivity index (χ3v) is 4.07. The molecule has 0 heterocycles. The van der Waals surface area contributed by atoms with Gasteiger partial charge in [-0.3, -0.25) is 0 Å². The first-order valence-corrected chi connectivity index (χ1v) is 8.69. The Balaban J connectivity index is 1.92. The molecule has 2 aromatic carbocycles. The zero-order valence-corrected chi connectivity index (χ0v) is 15.5. The Kier molecular flexibility index (Phi) is 7.09. The molecule has 2 nitrogen and oxygen atoms in total. The van der Waals surface area contributed by atoms with Crippen molar-refractivity contribution in [1.82, 2.24) is 10.6 Å². The Morgan fingerprint density at radius 3 is 2.48 bits per heavy atom. The van der Waals surface area contributed by atoms with E-state index in [1.54, 1.807) is 0 Å². The summed E-state index contributed by atoms with van der Waals surface area (Å²) in [5.74, 6) is 0. The molecule has 25 heavy (non-hydrogen) atoms. The quantitative estimate of drug-likeness (QED) is 0.666. The molecule has 0 aliphatic carbocycles. The summed E-state index contributed by atoms with van der Waals surface area (Å²) in [7, 11) is 1.91. The summed E-state index contributed by atoms with van der Waals surface area (Å²) >= 11 is 0. The van der Waals surface area contributed by atoms with E-state index in [1.165, 1.54) is 27.8 Å². The lowest BCUT2D eigenvalue weighted by Crippen LogP contribution is -2.13. The molecule has 0 spiro atoms. The molecule has 0 atom stereocenters. The second kappa shape index (κ2) is 9.53. The molecule has 0 fully saturated rings. The molecule has 0 saturated heterocycles. The average molecular weight is 332 g/mol. The smallest absolute Gasteiger partial charge is 0.0397 e. The second-order valence-electron chi connectivity index (χ2n) is 6.19. The maximum Gasteiger partial charge on any atom is 0.0397 e. The molecular formula is C23H28N2. The van der Waals surface area contributed by atoms with E-state index in [1.807, 2.05) is 13.2 Å². The lowest BCUT2D eigenvalue weighted by Gasteiger charge is -2.11. The zero-order valence-electron chi connectivity index (χ0n) is 15.5. The number of allylic oxidation sites excluding steroid dienone is 4. The van der Waals surface area contributed by atoms with Crippen molar-refractivity contribution in [3.63, 3.8) is 0 Å². The van der Waals surface area contributed by atoms with Gasteiger partial charge in [0.2, 0.25) is 0 Å². The Bertz CT molecular complexity index is 752. The Labute approximate surface area is 152 Å². The summed E-state index contributed by atoms with van der Waals surface area (Å²) in [6, 6.07) is 17.2. The van der Waals surface area contributed by atoms with Crippen LogP contribution in [0.1, 0.15) is 29.2 Å². The number of hydrogen-bond acceptors (Lipinski definition) is 2. The minimum atomic E-state index is 0.816. The van der Waals surface area contributed by atoms with Gasteiger partial charge in [0.1, 0.15) is 0 Å². The van der Waals surface area contributed by atoms with Crippen LogP contribution in [0.15, 0.2) is 79.2 Å². The summed E-state index contributed by atoms with van der Waals surface area (Å²) in [5, 5.41) is 6.46. The van der Waals surface area contributed by atoms with E-state index in [-0.39, 0.29) is 0 Å². The molecule has 130 valence electrons. The number of benzene rings is 2. The predicted molar refractivity (Wildman–Crippen MR) is 109 cm³/mol. The maximum atomic E-state index is 4.16. The standard InChI is InChI=1S/C23H28N2/c1-5-22(13-14-24-4)23-11-9-20(10-12-23)16-19(3)25-17-21-8-6-7-18(2)15-21/h5-15,24-25H,3,16-17H2,1-2,4H3/b14-13-,22-5+. The highest BCUT2D eigenvalue weighted by Crippen LogP contribution is 2.17. The molecule has 0 bridgehead atoms. The first-order valence-electron chi connectivity index (χ1n) is 8.69. The van der Waals surface area contributed by atoms with E-state index in [0.717, 1.165) is 18.7 Å². The molecule has 0 amide bonds. The van der Waals surface area contributed by atoms with E-state index < -0.39 is 0 Å². The van der Waals surface area contributed by atoms with Gasteiger partial charge in [0.15, 0.2) is 0 Å². The first-order chi connectivity index (χ1) is 12.1. The summed E-state index contributed by atoms with van der Waals surface area (Å²) in [5.41, 5.74) is 7.29. The maximum absolute atomic E-state index is 4.16. The van der Waals surface area contributed by atoms with Crippen LogP contribution < -0.4 is 10.6 Å². The van der Waals surface area contributed by atoms with Crippen LogP contribution in [0, 0.1) is 6.92 Å². The van der Waals surface area contributed by atoms with Gasteiger partial charge in [-0.25, -0.2) is 0 Å². The zero-order chi connectivity index (χ0) is 18.1. The van der Waals surface area contributed by atoms with Crippen LogP contribution in [0.25, 0.3) is 5.57 Å². The summed E-state index contributed by atoms with van der Waals surface area (Å²) in [4.78, 5) is 0. The van der Waals surface area contributed by atoms with Gasteiger partial charge >= 0.3 is 0 Å². The monoisotopic (exact) mass is 332 g/mol. The molecular weight excluding hydrogens is 304 g/mol. The molecule has 2 aromatic rings. The van der Waals surface area contributed by atoms with Gasteiger partial charge in [-0.15, -0.1) is 0 Å². The number of hydrogen-bond donors (Lipinski definition) is 2. The topological polar surface area (TPSA) is 24.1 Å². The van der Waals surface area contributed by atoms with Crippen molar-refractivity contribution in [1.29, 1.82) is 0 Å². The Hall–Kier alpha value is -2.74. The van der Waals surface area contributed by atoms with Gasteiger partial charge < -0.3 is 10.6 Å². The third kappa shape index (κ3) is 6.00. The fourth-order valence-corrected chi connectivity index (χ4v) is 2.71. The molecule has 0 aliphatic heterocycles. The van der Waals surface area contributed by atoms with Crippen LogP contribution in [0.5, 0.6) is 0 Å². The molecule has 0 aromatic heterocycles. The molecule has 0 saturated carbocycles. The first kappa shape index (κ1) is 18.6. The highest BCUT2D eigenvalue weighted by atomic mass is 14.9. The largest absolute Gasteiger partial charge is 0.394 e. The van der Waals surface area contributed by atoms with Crippen molar-refractivity contribution >= 4 is 5.57 Å². The van der Waals surface area contributed by atoms with Crippen LogP contribution in [-0.4, -0.2) is 7.05 Å². The molecule has 0 aliphatic rings. The van der Waals surface area contributed by atoms with Gasteiger partial charge in [0.25, 0.3) is 0 Å². The number of rotatable bonds is 8. The molecule has 2 heteroatoms. The molecule has 2 N–H and O–H groups in total. The van der Waals surface area contributed by atoms with E-state index in [2.05, 4.69) is 91.7 Å². The highest BCUT2D eigenvalue weighted by Gasteiger charge is 2.01. The van der Waals surface area contributed by atoms with Crippen molar-refractivity contribution in [3.8, 4) is 0 Å². The van der Waals surface area contributed by atoms with Gasteiger partial charge in [-0.05, 0) is 48.4 Å². The van der Waals surface area contributed by atoms with Crippen molar-refractivity contribution < 1.29 is 0 Å². The van der Waals surface area contributed by atoms with E-state index in [4.69, 9.17) is 0 Å². The fraction of sp³-hybridized carbons (Fsp3) is 0.217. The van der Waals surface area contributed by atoms with Gasteiger partial charge in [-0.1, -0.05) is 66.7 Å². The van der Waals surface area contributed by atoms with Crippen molar-refractivity contribution in [2.75, 3.05) is 7.05 Å². The van der Waals surface area contributed by atoms with Crippen LogP contribution in [0.2, 0.25) is 0 Å². The van der Waals surface area contributed by atoms with Crippen molar-refractivity contribution in [2.24, 2.45) is 0 Å². The van der Waals surface area contributed by atoms with E-state index in [9.17, 15) is 0 Å². The van der Waals surface area contributed by atoms with Gasteiger partial charge in [0.05, 0.1) is 0 Å². The van der Waals surface area contributed by atoms with Gasteiger partial charge in [-0.2, -0.15) is 0 Å². The van der Waals surface area contributed by atoms with E-state index in [0.29, 0.717) is 0 Å². The van der Waals surface area contributed by atoms with Crippen LogP contribution in [0.3, 0.4) is 0 Å². The highest BCUT2D eigenvalue weighted by molar-refractivity contribution is 5.73. The van der Waals surface area contributed by atoms with Crippen molar-refractivity contribution in [2.45, 2.75) is 26.8 Å². The van der Waals surface area contributed by atoms with Crippen molar-refractivity contribution in [3.05, 3.63) is 101 Å². The predicted octanol–water partition coefficient (Wildman–Crippen LogP) is 4.98. The van der Waals surface area contributed by atoms with Crippen LogP contribution in [0.4, 0.5) is 0 Å². The summed E-state index contributed by atoms with van der Waals surface area (Å²) in [6.45, 7) is 9.15.